The summed E-state index contributed by atoms with van der Waals surface area (Å²) < 4.78 is 70.9. The van der Waals surface area contributed by atoms with Gasteiger partial charge in [-0.1, -0.05) is 32.6 Å². The predicted molar refractivity (Wildman–Crippen MR) is 98.0 cm³/mol. The first-order valence-corrected chi connectivity index (χ1v) is 10.4. The second kappa shape index (κ2) is 10.3. The van der Waals surface area contributed by atoms with Gasteiger partial charge >= 0.3 is 12.1 Å². The van der Waals surface area contributed by atoms with Gasteiger partial charge < -0.3 is 4.74 Å². The van der Waals surface area contributed by atoms with Crippen LogP contribution in [0.1, 0.15) is 70.6 Å². The van der Waals surface area contributed by atoms with Gasteiger partial charge in [-0.2, -0.15) is 22.0 Å². The summed E-state index contributed by atoms with van der Waals surface area (Å²) in [5, 5.41) is 11.2. The van der Waals surface area contributed by atoms with E-state index >= 15 is 0 Å². The Bertz CT molecular complexity index is 598. The first-order valence-electron chi connectivity index (χ1n) is 10.4. The molecule has 5 nitrogen and oxygen atoms in total. The molecule has 3 fully saturated rings. The number of hydrogen-bond donors (Lipinski definition) is 0. The van der Waals surface area contributed by atoms with E-state index < -0.39 is 53.2 Å². The van der Waals surface area contributed by atoms with Crippen LogP contribution in [0.5, 0.6) is 0 Å². The number of rotatable bonds is 12. The van der Waals surface area contributed by atoms with E-state index in [1.165, 1.54) is 0 Å². The minimum atomic E-state index is -5.67. The Hall–Kier alpha value is -1.32. The van der Waals surface area contributed by atoms with Crippen LogP contribution in [0.4, 0.5) is 22.0 Å². The van der Waals surface area contributed by atoms with Crippen molar-refractivity contribution in [2.75, 3.05) is 0 Å². The summed E-state index contributed by atoms with van der Waals surface area (Å²) in [5.41, 5.74) is 0. The monoisotopic (exact) mass is 441 g/mol. The summed E-state index contributed by atoms with van der Waals surface area (Å²) >= 11 is 0. The van der Waals surface area contributed by atoms with Crippen LogP contribution in [0.15, 0.2) is 0 Å². The third-order valence-corrected chi connectivity index (χ3v) is 6.09. The number of ketones is 1. The van der Waals surface area contributed by atoms with Gasteiger partial charge in [-0.25, -0.2) is 0 Å². The van der Waals surface area contributed by atoms with Crippen LogP contribution >= 0.6 is 0 Å². The highest BCUT2D eigenvalue weighted by molar-refractivity contribution is 5.90. The van der Waals surface area contributed by atoms with Gasteiger partial charge in [0.05, 0.1) is 12.0 Å². The molecule has 2 aliphatic heterocycles. The zero-order valence-corrected chi connectivity index (χ0v) is 16.8. The van der Waals surface area contributed by atoms with Gasteiger partial charge in [-0.3, -0.25) is 14.9 Å². The summed E-state index contributed by atoms with van der Waals surface area (Å²) in [4.78, 5) is 23.3. The second-order valence-electron chi connectivity index (χ2n) is 8.22. The Morgan fingerprint density at radius 1 is 1.13 bits per heavy atom. The van der Waals surface area contributed by atoms with Gasteiger partial charge in [0.1, 0.15) is 0 Å². The lowest BCUT2D eigenvalue weighted by molar-refractivity contribution is -0.524. The quantitative estimate of drug-likeness (QED) is 0.169. The molecule has 10 heteroatoms. The summed E-state index contributed by atoms with van der Waals surface area (Å²) in [5.74, 6) is -8.22. The van der Waals surface area contributed by atoms with Gasteiger partial charge in [0, 0.05) is 24.2 Å². The van der Waals surface area contributed by atoms with Crippen molar-refractivity contribution < 1.29 is 36.4 Å². The highest BCUT2D eigenvalue weighted by atomic mass is 19.4. The van der Waals surface area contributed by atoms with E-state index in [0.29, 0.717) is 19.3 Å². The van der Waals surface area contributed by atoms with Crippen LogP contribution in [0.3, 0.4) is 0 Å². The lowest BCUT2D eigenvalue weighted by atomic mass is 9.70. The third-order valence-electron chi connectivity index (χ3n) is 6.09. The Balaban J connectivity index is 1.87. The molecule has 1 aliphatic carbocycles. The van der Waals surface area contributed by atoms with Crippen LogP contribution in [0, 0.1) is 35.0 Å². The van der Waals surface area contributed by atoms with E-state index in [4.69, 9.17) is 4.74 Å². The lowest BCUT2D eigenvalue weighted by Gasteiger charge is -2.48. The second-order valence-corrected chi connectivity index (χ2v) is 8.22. The summed E-state index contributed by atoms with van der Waals surface area (Å²) in [6, 6.07) is -0.891. The molecule has 0 aromatic heterocycles. The number of unbranched alkanes of at least 4 members (excludes halogenated alkanes) is 4. The maximum atomic E-state index is 13.8. The molecule has 0 aromatic carbocycles. The fourth-order valence-electron chi connectivity index (χ4n) is 4.35. The molecular formula is C20H28F5NO4. The SMILES string of the molecule is [CH2]CCCCCCC(CCC(=O)[C]1OC2CCC1CC2C(F)(F)C(F)(F)F)[N+](=O)[O-]. The molecule has 2 heterocycles. The molecule has 30 heavy (non-hydrogen) atoms. The number of Topliss-reactive ketones (excluding diaryl/α,β-unsaturated/α-hetero) is 1. The van der Waals surface area contributed by atoms with Crippen molar-refractivity contribution in [3.63, 3.8) is 0 Å². The summed E-state index contributed by atoms with van der Waals surface area (Å²) in [7, 11) is 0. The van der Waals surface area contributed by atoms with Crippen LogP contribution in [0.2, 0.25) is 0 Å². The minimum Gasteiger partial charge on any atom is -0.360 e. The highest BCUT2D eigenvalue weighted by Crippen LogP contribution is 2.54. The molecule has 0 amide bonds. The van der Waals surface area contributed by atoms with Crippen LogP contribution < -0.4 is 0 Å². The number of hydrogen-bond acceptors (Lipinski definition) is 4. The molecule has 0 spiro atoms. The first kappa shape index (κ1) is 24.9. The van der Waals surface area contributed by atoms with Gasteiger partial charge in [0.15, 0.2) is 11.9 Å². The van der Waals surface area contributed by atoms with Crippen LogP contribution in [-0.4, -0.2) is 35.0 Å². The van der Waals surface area contributed by atoms with Crippen molar-refractivity contribution in [2.24, 2.45) is 11.8 Å². The molecule has 172 valence electrons. The Kier molecular flexibility index (Phi) is 8.59. The molecule has 2 radical (unpaired) electrons. The maximum Gasteiger partial charge on any atom is 0.453 e. The standard InChI is InChI=1S/C20H28F5NO4/c1-2-3-4-5-6-7-14(26(28)29)9-10-16(27)18-13-8-11-17(30-18)15(12-13)19(21,22)20(23,24)25/h13-15,17H,1-12H2. The largest absolute Gasteiger partial charge is 0.453 e. The minimum absolute atomic E-state index is 0.00640. The maximum absolute atomic E-state index is 13.8. The summed E-state index contributed by atoms with van der Waals surface area (Å²) in [6.07, 6.45) is -2.91. The molecule has 2 bridgehead atoms. The van der Waals surface area contributed by atoms with E-state index in [-0.39, 0.29) is 25.4 Å². The van der Waals surface area contributed by atoms with E-state index in [1.54, 1.807) is 0 Å². The Labute approximate surface area is 172 Å². The predicted octanol–water partition coefficient (Wildman–Crippen LogP) is 5.70. The molecule has 0 aromatic rings. The number of ether oxygens (including phenoxy) is 1. The highest BCUT2D eigenvalue weighted by Gasteiger charge is 2.67. The number of nitro groups is 1. The van der Waals surface area contributed by atoms with Crippen LogP contribution in [-0.2, 0) is 9.53 Å². The van der Waals surface area contributed by atoms with E-state index in [0.717, 1.165) is 25.7 Å². The van der Waals surface area contributed by atoms with Gasteiger partial charge in [-0.15, -0.1) is 0 Å². The summed E-state index contributed by atoms with van der Waals surface area (Å²) in [6.45, 7) is 3.73. The average Bonchev–Trinajstić information content (AvgIpc) is 2.68. The van der Waals surface area contributed by atoms with Gasteiger partial charge in [0.25, 0.3) is 0 Å². The van der Waals surface area contributed by atoms with Gasteiger partial charge in [-0.05, 0) is 31.6 Å². The number of carbonyl (C=O) groups excluding carboxylic acids is 1. The molecule has 3 rings (SSSR count). The van der Waals surface area contributed by atoms with Crippen molar-refractivity contribution >= 4 is 5.78 Å². The molecule has 3 aliphatic rings. The smallest absolute Gasteiger partial charge is 0.360 e. The molecule has 4 atom stereocenters. The third kappa shape index (κ3) is 5.88. The number of halogens is 5. The van der Waals surface area contributed by atoms with Crippen LogP contribution in [0.25, 0.3) is 0 Å². The molecule has 2 saturated heterocycles. The van der Waals surface area contributed by atoms with Crippen molar-refractivity contribution in [1.29, 1.82) is 0 Å². The number of carbonyl (C=O) groups is 1. The Morgan fingerprint density at radius 2 is 1.80 bits per heavy atom. The van der Waals surface area contributed by atoms with Crippen molar-refractivity contribution in [3.05, 3.63) is 23.1 Å². The molecular weight excluding hydrogens is 413 g/mol. The van der Waals surface area contributed by atoms with Gasteiger partial charge in [0.2, 0.25) is 6.04 Å². The zero-order chi connectivity index (χ0) is 22.5. The molecule has 1 saturated carbocycles. The van der Waals surface area contributed by atoms with Crippen molar-refractivity contribution in [1.82, 2.24) is 0 Å². The van der Waals surface area contributed by atoms with Crippen molar-refractivity contribution in [3.8, 4) is 0 Å². The Morgan fingerprint density at radius 3 is 2.33 bits per heavy atom. The van der Waals surface area contributed by atoms with E-state index in [1.807, 2.05) is 0 Å². The number of fused-ring (bicyclic) bond motifs is 3. The zero-order valence-electron chi connectivity index (χ0n) is 16.8. The van der Waals surface area contributed by atoms with E-state index in [2.05, 4.69) is 6.92 Å². The number of alkyl halides is 5. The molecule has 4 unspecified atom stereocenters. The normalized spacial score (nSPS) is 26.0. The fourth-order valence-corrected chi connectivity index (χ4v) is 4.35. The molecule has 0 N–H and O–H groups in total. The average molecular weight is 441 g/mol. The fraction of sp³-hybridized carbons (Fsp3) is 0.850. The number of nitrogens with zero attached hydrogens (tertiary/aromatic N) is 1. The first-order chi connectivity index (χ1) is 14.0. The van der Waals surface area contributed by atoms with E-state index in [9.17, 15) is 36.9 Å². The topological polar surface area (TPSA) is 69.4 Å². The van der Waals surface area contributed by atoms with Crippen molar-refractivity contribution in [2.45, 2.75) is 94.9 Å². The lowest BCUT2D eigenvalue weighted by Crippen LogP contribution is -2.56.